The van der Waals surface area contributed by atoms with E-state index in [1.165, 1.54) is 14.2 Å². The van der Waals surface area contributed by atoms with E-state index in [1.54, 1.807) is 26.8 Å². The molecule has 0 aliphatic carbocycles. The number of ether oxygens (including phenoxy) is 5. The first-order valence-electron chi connectivity index (χ1n) is 8.72. The van der Waals surface area contributed by atoms with Crippen LogP contribution in [0.4, 0.5) is 4.79 Å². The van der Waals surface area contributed by atoms with E-state index in [0.717, 1.165) is 0 Å². The van der Waals surface area contributed by atoms with E-state index in [1.807, 2.05) is 6.08 Å². The highest BCUT2D eigenvalue weighted by molar-refractivity contribution is 5.85. The number of fused-ring (bicyclic) bond motifs is 1. The predicted octanol–water partition coefficient (Wildman–Crippen LogP) is 1.10. The Morgan fingerprint density at radius 2 is 1.96 bits per heavy atom. The fourth-order valence-electron chi connectivity index (χ4n) is 3.16. The largest absolute Gasteiger partial charge is 0.467 e. The van der Waals surface area contributed by atoms with Crippen LogP contribution in [0.5, 0.6) is 0 Å². The normalized spacial score (nSPS) is 28.0. The van der Waals surface area contributed by atoms with E-state index in [9.17, 15) is 14.4 Å². The first kappa shape index (κ1) is 21.2. The van der Waals surface area contributed by atoms with Crippen molar-refractivity contribution in [3.63, 3.8) is 0 Å². The molecule has 4 atom stereocenters. The second-order valence-corrected chi connectivity index (χ2v) is 7.50. The Morgan fingerprint density at radius 3 is 2.52 bits per heavy atom. The van der Waals surface area contributed by atoms with Gasteiger partial charge in [-0.1, -0.05) is 12.2 Å². The van der Waals surface area contributed by atoms with Gasteiger partial charge in [0, 0.05) is 12.8 Å². The van der Waals surface area contributed by atoms with Gasteiger partial charge in [0.1, 0.15) is 17.7 Å². The molecule has 1 N–H and O–H groups in total. The molecule has 9 heteroatoms. The molecule has 2 rings (SSSR count). The van der Waals surface area contributed by atoms with Crippen molar-refractivity contribution >= 4 is 18.0 Å². The molecule has 9 nitrogen and oxygen atoms in total. The fraction of sp³-hybridized carbons (Fsp3) is 0.722. The lowest BCUT2D eigenvalue weighted by Gasteiger charge is -2.30. The first-order valence-corrected chi connectivity index (χ1v) is 8.72. The van der Waals surface area contributed by atoms with Crippen molar-refractivity contribution in [2.75, 3.05) is 20.8 Å². The molecule has 0 unspecified atom stereocenters. The number of carbonyl (C=O) groups excluding carboxylic acids is 3. The molecule has 0 spiro atoms. The van der Waals surface area contributed by atoms with Crippen LogP contribution < -0.4 is 5.32 Å². The lowest BCUT2D eigenvalue weighted by molar-refractivity contribution is -0.169. The van der Waals surface area contributed by atoms with Gasteiger partial charge in [-0.05, 0) is 20.8 Å². The number of hydrogen-bond acceptors (Lipinski definition) is 8. The average molecular weight is 385 g/mol. The molecule has 1 saturated heterocycles. The number of amides is 1. The molecule has 0 aromatic rings. The summed E-state index contributed by atoms with van der Waals surface area (Å²) in [5.41, 5.74) is -2.20. The molecule has 0 aromatic heterocycles. The molecule has 0 bridgehead atoms. The van der Waals surface area contributed by atoms with Gasteiger partial charge in [0.15, 0.2) is 5.60 Å². The van der Waals surface area contributed by atoms with E-state index in [2.05, 4.69) is 5.32 Å². The minimum atomic E-state index is -1.45. The molecule has 2 aliphatic heterocycles. The zero-order chi connectivity index (χ0) is 20.2. The van der Waals surface area contributed by atoms with Gasteiger partial charge in [-0.15, -0.1) is 0 Å². The van der Waals surface area contributed by atoms with Gasteiger partial charge in [0.05, 0.1) is 26.9 Å². The van der Waals surface area contributed by atoms with Crippen LogP contribution in [0.25, 0.3) is 0 Å². The Morgan fingerprint density at radius 1 is 1.26 bits per heavy atom. The topological polar surface area (TPSA) is 109 Å². The van der Waals surface area contributed by atoms with Crippen LogP contribution in [-0.2, 0) is 33.3 Å². The van der Waals surface area contributed by atoms with Crippen molar-refractivity contribution < 1.29 is 38.1 Å². The molecular formula is C18H27NO8. The number of rotatable bonds is 5. The molecule has 1 fully saturated rings. The van der Waals surface area contributed by atoms with Crippen LogP contribution in [0.1, 0.15) is 33.6 Å². The number of nitrogens with one attached hydrogen (secondary N) is 1. The second kappa shape index (κ2) is 8.26. The van der Waals surface area contributed by atoms with Crippen LogP contribution in [0.3, 0.4) is 0 Å². The van der Waals surface area contributed by atoms with Gasteiger partial charge < -0.3 is 29.0 Å². The number of hydrogen-bond donors (Lipinski definition) is 1. The average Bonchev–Trinajstić information content (AvgIpc) is 2.97. The van der Waals surface area contributed by atoms with Crippen LogP contribution in [-0.4, -0.2) is 68.3 Å². The number of alkyl carbamates (subject to hydrolysis) is 1. The highest BCUT2D eigenvalue weighted by atomic mass is 16.6. The minimum absolute atomic E-state index is 0.171. The third-order valence-electron chi connectivity index (χ3n) is 4.26. The van der Waals surface area contributed by atoms with Gasteiger partial charge in [0.2, 0.25) is 0 Å². The maximum absolute atomic E-state index is 12.5. The molecule has 2 aliphatic rings. The monoisotopic (exact) mass is 385 g/mol. The molecule has 152 valence electrons. The number of carbonyl (C=O) groups is 3. The first-order chi connectivity index (χ1) is 12.6. The number of methoxy groups -OCH3 is 2. The molecule has 2 heterocycles. The molecular weight excluding hydrogens is 358 g/mol. The Balaban J connectivity index is 2.21. The van der Waals surface area contributed by atoms with Crippen LogP contribution in [0.2, 0.25) is 0 Å². The van der Waals surface area contributed by atoms with Crippen molar-refractivity contribution in [1.29, 1.82) is 0 Å². The fourth-order valence-corrected chi connectivity index (χ4v) is 3.16. The third kappa shape index (κ3) is 5.20. The standard InChI is InChI=1S/C18H27NO8/c1-17(2,3)27-16(22)19-11(14(20)23-4)9-18(15(21)24-5)10-13-12(26-18)7-6-8-25-13/h6-7,11-13H,8-10H2,1-5H3,(H,19,22)/t11-,12+,13+,18+/m0/s1. The molecule has 0 saturated carbocycles. The summed E-state index contributed by atoms with van der Waals surface area (Å²) in [5.74, 6) is -1.37. The van der Waals surface area contributed by atoms with Gasteiger partial charge in [0.25, 0.3) is 0 Å². The molecule has 0 radical (unpaired) electrons. The van der Waals surface area contributed by atoms with Gasteiger partial charge >= 0.3 is 18.0 Å². The zero-order valence-corrected chi connectivity index (χ0v) is 16.3. The minimum Gasteiger partial charge on any atom is -0.467 e. The van der Waals surface area contributed by atoms with Crippen LogP contribution in [0, 0.1) is 0 Å². The Bertz CT molecular complexity index is 611. The van der Waals surface area contributed by atoms with E-state index in [-0.39, 0.29) is 18.9 Å². The summed E-state index contributed by atoms with van der Waals surface area (Å²) in [7, 11) is 2.43. The van der Waals surface area contributed by atoms with Crippen molar-refractivity contribution in [3.8, 4) is 0 Å². The predicted molar refractivity (Wildman–Crippen MR) is 92.9 cm³/mol. The summed E-state index contributed by atoms with van der Waals surface area (Å²) < 4.78 is 26.4. The van der Waals surface area contributed by atoms with E-state index in [0.29, 0.717) is 6.61 Å². The molecule has 27 heavy (non-hydrogen) atoms. The van der Waals surface area contributed by atoms with Crippen molar-refractivity contribution in [1.82, 2.24) is 5.32 Å². The Hall–Kier alpha value is -2.13. The van der Waals surface area contributed by atoms with Crippen molar-refractivity contribution in [2.45, 2.75) is 63.1 Å². The number of esters is 2. The SMILES string of the molecule is COC(=O)[C@H](C[C@]1(C(=O)OC)C[C@H]2OCC=C[C@H]2O1)NC(=O)OC(C)(C)C. The summed E-state index contributed by atoms with van der Waals surface area (Å²) in [4.78, 5) is 36.9. The summed E-state index contributed by atoms with van der Waals surface area (Å²) in [6, 6.07) is -1.16. The maximum Gasteiger partial charge on any atom is 0.408 e. The zero-order valence-electron chi connectivity index (χ0n) is 16.3. The van der Waals surface area contributed by atoms with Crippen LogP contribution >= 0.6 is 0 Å². The summed E-state index contributed by atoms with van der Waals surface area (Å²) in [5, 5.41) is 2.45. The van der Waals surface area contributed by atoms with Gasteiger partial charge in [-0.25, -0.2) is 14.4 Å². The third-order valence-corrected chi connectivity index (χ3v) is 4.26. The Kier molecular flexibility index (Phi) is 6.48. The summed E-state index contributed by atoms with van der Waals surface area (Å²) in [6.07, 6.45) is 2.06. The summed E-state index contributed by atoms with van der Waals surface area (Å²) >= 11 is 0. The highest BCUT2D eigenvalue weighted by Crippen LogP contribution is 2.39. The Labute approximate surface area is 158 Å². The highest BCUT2D eigenvalue weighted by Gasteiger charge is 2.55. The van der Waals surface area contributed by atoms with Crippen molar-refractivity contribution in [3.05, 3.63) is 12.2 Å². The van der Waals surface area contributed by atoms with E-state index in [4.69, 9.17) is 23.7 Å². The van der Waals surface area contributed by atoms with Crippen molar-refractivity contribution in [2.24, 2.45) is 0 Å². The van der Waals surface area contributed by atoms with Gasteiger partial charge in [-0.3, -0.25) is 0 Å². The van der Waals surface area contributed by atoms with E-state index < -0.39 is 41.4 Å². The lowest BCUT2D eigenvalue weighted by atomic mass is 9.90. The lowest BCUT2D eigenvalue weighted by Crippen LogP contribution is -2.51. The van der Waals surface area contributed by atoms with Gasteiger partial charge in [-0.2, -0.15) is 0 Å². The quantitative estimate of drug-likeness (QED) is 0.426. The molecule has 1 amide bonds. The smallest absolute Gasteiger partial charge is 0.408 e. The van der Waals surface area contributed by atoms with Crippen LogP contribution in [0.15, 0.2) is 12.2 Å². The maximum atomic E-state index is 12.5. The second-order valence-electron chi connectivity index (χ2n) is 7.50. The molecule has 0 aromatic carbocycles. The summed E-state index contributed by atoms with van der Waals surface area (Å²) in [6.45, 7) is 5.51. The van der Waals surface area contributed by atoms with E-state index >= 15 is 0 Å².